The average molecular weight is 435 g/mol. The van der Waals surface area contributed by atoms with Crippen molar-refractivity contribution >= 4 is 23.2 Å². The maximum absolute atomic E-state index is 12.9. The fourth-order valence-electron chi connectivity index (χ4n) is 4.87. The Morgan fingerprint density at radius 3 is 2.56 bits per heavy atom. The van der Waals surface area contributed by atoms with Crippen LogP contribution in [-0.4, -0.2) is 17.9 Å². The Labute approximate surface area is 191 Å². The van der Waals surface area contributed by atoms with Crippen LogP contribution in [0.5, 0.6) is 5.75 Å². The molecule has 0 radical (unpaired) electrons. The van der Waals surface area contributed by atoms with E-state index in [1.165, 1.54) is 19.3 Å². The lowest BCUT2D eigenvalue weighted by Crippen LogP contribution is -2.44. The molecular weight excluding hydrogens is 400 g/mol. The van der Waals surface area contributed by atoms with Crippen molar-refractivity contribution < 1.29 is 14.3 Å². The average Bonchev–Trinajstić information content (AvgIpc) is 2.81. The normalized spacial score (nSPS) is 22.8. The second-order valence-electron chi connectivity index (χ2n) is 9.20. The Morgan fingerprint density at radius 1 is 1.09 bits per heavy atom. The van der Waals surface area contributed by atoms with Crippen LogP contribution in [0.2, 0.25) is 0 Å². The molecule has 1 heterocycles. The van der Waals surface area contributed by atoms with Gasteiger partial charge in [0.25, 0.3) is 5.91 Å². The number of unbranched alkanes of at least 4 members (excludes halogenated alkanes) is 1. The predicted octanol–water partition coefficient (Wildman–Crippen LogP) is 5.94. The van der Waals surface area contributed by atoms with Crippen LogP contribution < -0.4 is 15.0 Å². The summed E-state index contributed by atoms with van der Waals surface area (Å²) in [5.41, 5.74) is 2.53. The molecule has 1 saturated carbocycles. The van der Waals surface area contributed by atoms with Gasteiger partial charge in [-0.15, -0.1) is 0 Å². The second kappa shape index (κ2) is 10.2. The van der Waals surface area contributed by atoms with Gasteiger partial charge in [0.1, 0.15) is 5.75 Å². The van der Waals surface area contributed by atoms with Gasteiger partial charge in [-0.2, -0.15) is 0 Å². The number of fused-ring (bicyclic) bond motifs is 1. The predicted molar refractivity (Wildman–Crippen MR) is 128 cm³/mol. The molecule has 0 aromatic heterocycles. The molecular formula is C27H34N2O3. The number of nitrogens with one attached hydrogen (secondary N) is 1. The maximum Gasteiger partial charge on any atom is 0.268 e. The Hall–Kier alpha value is -2.82. The van der Waals surface area contributed by atoms with Crippen molar-refractivity contribution in [3.05, 3.63) is 54.1 Å². The van der Waals surface area contributed by atoms with Gasteiger partial charge in [0, 0.05) is 17.7 Å². The number of rotatable bonds is 7. The highest BCUT2D eigenvalue weighted by Gasteiger charge is 2.32. The molecule has 1 aliphatic heterocycles. The summed E-state index contributed by atoms with van der Waals surface area (Å²) in [6.07, 6.45) is 7.51. The molecule has 5 heteroatoms. The lowest BCUT2D eigenvalue weighted by Gasteiger charge is -2.33. The van der Waals surface area contributed by atoms with E-state index in [2.05, 4.69) is 12.2 Å². The molecule has 5 nitrogen and oxygen atoms in total. The van der Waals surface area contributed by atoms with Crippen molar-refractivity contribution in [2.45, 2.75) is 71.4 Å². The molecule has 2 aromatic carbocycles. The maximum atomic E-state index is 12.9. The first-order chi connectivity index (χ1) is 15.5. The zero-order valence-corrected chi connectivity index (χ0v) is 19.2. The van der Waals surface area contributed by atoms with Crippen LogP contribution in [0.15, 0.2) is 48.5 Å². The standard InChI is InChI=1S/C27H34N2O3/c1-3-4-8-20-11-13-22(14-12-20)26(30)28-23-15-16-24-25(17-23)32-19(2)27(31)29(24)18-21-9-6-5-7-10-21/h5-7,9-10,15-17,19-20,22H,3-4,8,11-14,18H2,1-2H3,(H,28,30). The quantitative estimate of drug-likeness (QED) is 0.587. The molecule has 2 amide bonds. The van der Waals surface area contributed by atoms with Gasteiger partial charge in [-0.1, -0.05) is 56.5 Å². The molecule has 0 spiro atoms. The summed E-state index contributed by atoms with van der Waals surface area (Å²) in [5, 5.41) is 3.09. The van der Waals surface area contributed by atoms with Crippen LogP contribution in [0.1, 0.15) is 64.4 Å². The third-order valence-electron chi connectivity index (χ3n) is 6.80. The number of nitrogens with zero attached hydrogens (tertiary/aromatic N) is 1. The summed E-state index contributed by atoms with van der Waals surface area (Å²) >= 11 is 0. The third-order valence-corrected chi connectivity index (χ3v) is 6.80. The molecule has 2 aromatic rings. The zero-order valence-electron chi connectivity index (χ0n) is 19.2. The molecule has 1 fully saturated rings. The van der Waals surface area contributed by atoms with E-state index in [1.807, 2.05) is 48.5 Å². The van der Waals surface area contributed by atoms with Crippen LogP contribution in [0, 0.1) is 11.8 Å². The lowest BCUT2D eigenvalue weighted by molar-refractivity contribution is -0.125. The minimum atomic E-state index is -0.560. The number of carbonyl (C=O) groups is 2. The molecule has 1 atom stereocenters. The summed E-state index contributed by atoms with van der Waals surface area (Å²) in [6, 6.07) is 15.5. The minimum Gasteiger partial charge on any atom is -0.479 e. The zero-order chi connectivity index (χ0) is 22.5. The summed E-state index contributed by atoms with van der Waals surface area (Å²) in [4.78, 5) is 27.4. The number of hydrogen-bond donors (Lipinski definition) is 1. The van der Waals surface area contributed by atoms with Crippen molar-refractivity contribution in [2.75, 3.05) is 10.2 Å². The number of ether oxygens (including phenoxy) is 1. The first-order valence-corrected chi connectivity index (χ1v) is 12.0. The highest BCUT2D eigenvalue weighted by Crippen LogP contribution is 2.38. The van der Waals surface area contributed by atoms with E-state index in [0.717, 1.165) is 48.5 Å². The van der Waals surface area contributed by atoms with Gasteiger partial charge in [-0.3, -0.25) is 9.59 Å². The van der Waals surface area contributed by atoms with Crippen LogP contribution in [0.25, 0.3) is 0 Å². The van der Waals surface area contributed by atoms with Gasteiger partial charge in [0.2, 0.25) is 5.91 Å². The molecule has 170 valence electrons. The van der Waals surface area contributed by atoms with Crippen LogP contribution in [0.4, 0.5) is 11.4 Å². The van der Waals surface area contributed by atoms with Gasteiger partial charge in [0.05, 0.1) is 12.2 Å². The van der Waals surface area contributed by atoms with Gasteiger partial charge >= 0.3 is 0 Å². The number of benzene rings is 2. The van der Waals surface area contributed by atoms with Crippen molar-refractivity contribution in [1.82, 2.24) is 0 Å². The SMILES string of the molecule is CCCCC1CCC(C(=O)Nc2ccc3c(c2)OC(C)C(=O)N3Cc2ccccc2)CC1. The molecule has 4 rings (SSSR count). The Balaban J connectivity index is 1.42. The number of carbonyl (C=O) groups excluding carboxylic acids is 2. The van der Waals surface area contributed by atoms with Crippen LogP contribution in [0.3, 0.4) is 0 Å². The molecule has 1 aliphatic carbocycles. The van der Waals surface area contributed by atoms with Crippen LogP contribution >= 0.6 is 0 Å². The Bertz CT molecular complexity index is 935. The third kappa shape index (κ3) is 5.14. The van der Waals surface area contributed by atoms with E-state index in [1.54, 1.807) is 11.8 Å². The highest BCUT2D eigenvalue weighted by molar-refractivity contribution is 6.00. The molecule has 1 unspecified atom stereocenters. The van der Waals surface area contributed by atoms with E-state index in [9.17, 15) is 9.59 Å². The molecule has 32 heavy (non-hydrogen) atoms. The molecule has 2 aliphatic rings. The minimum absolute atomic E-state index is 0.0574. The van der Waals surface area contributed by atoms with E-state index in [4.69, 9.17) is 4.74 Å². The van der Waals surface area contributed by atoms with E-state index >= 15 is 0 Å². The topological polar surface area (TPSA) is 58.6 Å². The van der Waals surface area contributed by atoms with Crippen LogP contribution in [-0.2, 0) is 16.1 Å². The fourth-order valence-corrected chi connectivity index (χ4v) is 4.87. The van der Waals surface area contributed by atoms with Crippen molar-refractivity contribution in [3.63, 3.8) is 0 Å². The summed E-state index contributed by atoms with van der Waals surface area (Å²) in [5.74, 6) is 1.54. The Kier molecular flexibility index (Phi) is 7.13. The van der Waals surface area contributed by atoms with Gasteiger partial charge < -0.3 is 15.0 Å². The lowest BCUT2D eigenvalue weighted by atomic mass is 9.79. The Morgan fingerprint density at radius 2 is 1.84 bits per heavy atom. The van der Waals surface area contributed by atoms with Gasteiger partial charge in [-0.25, -0.2) is 0 Å². The number of anilines is 2. The first-order valence-electron chi connectivity index (χ1n) is 12.0. The van der Waals surface area contributed by atoms with Crippen molar-refractivity contribution in [3.8, 4) is 5.75 Å². The highest BCUT2D eigenvalue weighted by atomic mass is 16.5. The van der Waals surface area contributed by atoms with Gasteiger partial charge in [0.15, 0.2) is 6.10 Å². The van der Waals surface area contributed by atoms with E-state index in [0.29, 0.717) is 12.3 Å². The first kappa shape index (κ1) is 22.4. The summed E-state index contributed by atoms with van der Waals surface area (Å²) in [6.45, 7) is 4.50. The largest absolute Gasteiger partial charge is 0.479 e. The van der Waals surface area contributed by atoms with Crippen molar-refractivity contribution in [1.29, 1.82) is 0 Å². The number of amides is 2. The smallest absolute Gasteiger partial charge is 0.268 e. The van der Waals surface area contributed by atoms with Crippen molar-refractivity contribution in [2.24, 2.45) is 11.8 Å². The summed E-state index contributed by atoms with van der Waals surface area (Å²) < 4.78 is 5.89. The van der Waals surface area contributed by atoms with Gasteiger partial charge in [-0.05, 0) is 56.2 Å². The molecule has 0 saturated heterocycles. The van der Waals surface area contributed by atoms with E-state index in [-0.39, 0.29) is 17.7 Å². The van der Waals surface area contributed by atoms with E-state index < -0.39 is 6.10 Å². The fraction of sp³-hybridized carbons (Fsp3) is 0.481. The summed E-state index contributed by atoms with van der Waals surface area (Å²) in [7, 11) is 0. The monoisotopic (exact) mass is 434 g/mol. The molecule has 0 bridgehead atoms. The number of hydrogen-bond acceptors (Lipinski definition) is 3. The second-order valence-corrected chi connectivity index (χ2v) is 9.20. The molecule has 1 N–H and O–H groups in total.